The average molecular weight is 568 g/mol. The molecule has 7 heteroatoms. The van der Waals surface area contributed by atoms with Crippen LogP contribution in [0.5, 0.6) is 0 Å². The number of amides is 3. The summed E-state index contributed by atoms with van der Waals surface area (Å²) in [6.07, 6.45) is 7.42. The van der Waals surface area contributed by atoms with Gasteiger partial charge in [-0.1, -0.05) is 92.1 Å². The Morgan fingerprint density at radius 3 is 2.19 bits per heavy atom. The molecule has 1 saturated heterocycles. The third-order valence-corrected chi connectivity index (χ3v) is 9.09. The molecule has 1 heterocycles. The highest BCUT2D eigenvalue weighted by atomic mass is 16.5. The van der Waals surface area contributed by atoms with Gasteiger partial charge in [-0.05, 0) is 73.3 Å². The summed E-state index contributed by atoms with van der Waals surface area (Å²) in [5, 5.41) is 12.4. The summed E-state index contributed by atoms with van der Waals surface area (Å²) >= 11 is 0. The van der Waals surface area contributed by atoms with Crippen LogP contribution in [-0.4, -0.2) is 40.4 Å². The summed E-state index contributed by atoms with van der Waals surface area (Å²) in [4.78, 5) is 42.2. The van der Waals surface area contributed by atoms with E-state index in [1.807, 2.05) is 48.5 Å². The summed E-state index contributed by atoms with van der Waals surface area (Å²) < 4.78 is 0. The van der Waals surface area contributed by atoms with Gasteiger partial charge in [-0.3, -0.25) is 19.6 Å². The van der Waals surface area contributed by atoms with Gasteiger partial charge in [0.05, 0.1) is 5.41 Å². The molecule has 0 spiro atoms. The molecule has 0 bridgehead atoms. The van der Waals surface area contributed by atoms with Crippen LogP contribution >= 0.6 is 0 Å². The first-order chi connectivity index (χ1) is 20.5. The molecule has 7 nitrogen and oxygen atoms in total. The largest absolute Gasteiger partial charge is 0.330 e. The fourth-order valence-corrected chi connectivity index (χ4v) is 6.87. The second-order valence-corrected chi connectivity index (χ2v) is 11.9. The number of hydroxylamine groups is 1. The molecule has 3 amide bonds. The number of carbonyl (C=O) groups is 3. The first-order valence-corrected chi connectivity index (χ1v) is 15.2. The molecule has 42 heavy (non-hydrogen) atoms. The van der Waals surface area contributed by atoms with Gasteiger partial charge in [0, 0.05) is 18.7 Å². The maximum Gasteiger partial charge on any atom is 0.247 e. The molecule has 1 aliphatic carbocycles. The van der Waals surface area contributed by atoms with Crippen molar-refractivity contribution in [1.82, 2.24) is 10.4 Å². The van der Waals surface area contributed by atoms with E-state index >= 15 is 0 Å². The number of hydrogen-bond donors (Lipinski definition) is 3. The van der Waals surface area contributed by atoms with Crippen molar-refractivity contribution >= 4 is 23.4 Å². The van der Waals surface area contributed by atoms with E-state index in [0.717, 1.165) is 44.1 Å². The number of para-hydroxylation sites is 1. The van der Waals surface area contributed by atoms with Crippen molar-refractivity contribution in [3.8, 4) is 11.1 Å². The van der Waals surface area contributed by atoms with E-state index < -0.39 is 17.4 Å². The zero-order valence-corrected chi connectivity index (χ0v) is 24.1. The minimum absolute atomic E-state index is 0.0806. The molecule has 220 valence electrons. The van der Waals surface area contributed by atoms with Gasteiger partial charge in [0.1, 0.15) is 6.04 Å². The fourth-order valence-electron chi connectivity index (χ4n) is 6.87. The van der Waals surface area contributed by atoms with Gasteiger partial charge < -0.3 is 10.2 Å². The normalized spacial score (nSPS) is 19.8. The van der Waals surface area contributed by atoms with Crippen LogP contribution in [0.15, 0.2) is 84.9 Å². The molecule has 2 fully saturated rings. The smallest absolute Gasteiger partial charge is 0.247 e. The molecular weight excluding hydrogens is 526 g/mol. The van der Waals surface area contributed by atoms with Crippen LogP contribution < -0.4 is 10.8 Å². The molecule has 2 atom stereocenters. The number of hydrogen-bond acceptors (Lipinski definition) is 4. The van der Waals surface area contributed by atoms with Crippen molar-refractivity contribution in [3.63, 3.8) is 0 Å². The van der Waals surface area contributed by atoms with Gasteiger partial charge in [-0.25, -0.2) is 5.48 Å². The van der Waals surface area contributed by atoms with E-state index in [9.17, 15) is 19.6 Å². The average Bonchev–Trinajstić information content (AvgIpc) is 3.33. The predicted molar refractivity (Wildman–Crippen MR) is 164 cm³/mol. The first-order valence-electron chi connectivity index (χ1n) is 15.2. The van der Waals surface area contributed by atoms with Gasteiger partial charge in [0.15, 0.2) is 0 Å². The van der Waals surface area contributed by atoms with Crippen LogP contribution in [0.1, 0.15) is 63.4 Å². The fraction of sp³-hybridized carbons (Fsp3) is 0.400. The Morgan fingerprint density at radius 1 is 0.881 bits per heavy atom. The Hall–Kier alpha value is -3.97. The number of aryl methyl sites for hydroxylation is 1. The van der Waals surface area contributed by atoms with Gasteiger partial charge >= 0.3 is 0 Å². The first kappa shape index (κ1) is 29.5. The van der Waals surface area contributed by atoms with Gasteiger partial charge in [-0.2, -0.15) is 0 Å². The van der Waals surface area contributed by atoms with Crippen LogP contribution in [0.2, 0.25) is 0 Å². The van der Waals surface area contributed by atoms with E-state index in [4.69, 9.17) is 0 Å². The molecule has 2 unspecified atom stereocenters. The van der Waals surface area contributed by atoms with Crippen molar-refractivity contribution in [2.45, 2.75) is 70.3 Å². The zero-order valence-electron chi connectivity index (χ0n) is 24.1. The molecular formula is C35H41N3O4. The third kappa shape index (κ3) is 6.90. The molecule has 1 saturated carbocycles. The lowest BCUT2D eigenvalue weighted by molar-refractivity contribution is -0.147. The highest BCUT2D eigenvalue weighted by Gasteiger charge is 2.51. The van der Waals surface area contributed by atoms with E-state index in [1.165, 1.54) is 11.1 Å². The minimum atomic E-state index is -0.948. The second-order valence-electron chi connectivity index (χ2n) is 11.9. The monoisotopic (exact) mass is 567 g/mol. The summed E-state index contributed by atoms with van der Waals surface area (Å²) in [6.45, 7) is 0.423. The number of rotatable bonds is 11. The van der Waals surface area contributed by atoms with Crippen molar-refractivity contribution in [2.75, 3.05) is 11.9 Å². The van der Waals surface area contributed by atoms with Crippen LogP contribution in [0, 0.1) is 11.3 Å². The molecule has 1 aliphatic heterocycles. The highest BCUT2D eigenvalue weighted by Crippen LogP contribution is 2.43. The molecule has 3 aromatic rings. The molecule has 5 rings (SSSR count). The van der Waals surface area contributed by atoms with Crippen molar-refractivity contribution < 1.29 is 19.6 Å². The summed E-state index contributed by atoms with van der Waals surface area (Å²) in [5.41, 5.74) is 4.99. The molecule has 2 aliphatic rings. The maximum absolute atomic E-state index is 14.2. The maximum atomic E-state index is 14.2. The molecule has 0 aromatic heterocycles. The van der Waals surface area contributed by atoms with Gasteiger partial charge in [0.2, 0.25) is 17.7 Å². The lowest BCUT2D eigenvalue weighted by atomic mass is 9.77. The van der Waals surface area contributed by atoms with Crippen LogP contribution in [0.4, 0.5) is 5.69 Å². The number of nitrogens with zero attached hydrogens (tertiary/aromatic N) is 1. The van der Waals surface area contributed by atoms with Gasteiger partial charge in [-0.15, -0.1) is 0 Å². The minimum Gasteiger partial charge on any atom is -0.330 e. The SMILES string of the molecule is O=C(CC1(CCCc2ccc(-c3ccccc3)cc2)CCN(C(C(=O)Nc2ccccc2)C2CCCCC2)C1=O)NO. The van der Waals surface area contributed by atoms with Crippen molar-refractivity contribution in [1.29, 1.82) is 0 Å². The van der Waals surface area contributed by atoms with Crippen molar-refractivity contribution in [3.05, 3.63) is 90.5 Å². The Labute approximate surface area is 248 Å². The Balaban J connectivity index is 1.31. The van der Waals surface area contributed by atoms with Gasteiger partial charge in [0.25, 0.3) is 0 Å². The van der Waals surface area contributed by atoms with Crippen LogP contribution in [0.25, 0.3) is 11.1 Å². The lowest BCUT2D eigenvalue weighted by Gasteiger charge is -2.37. The van der Waals surface area contributed by atoms with Crippen LogP contribution in [0.3, 0.4) is 0 Å². The topological polar surface area (TPSA) is 98.7 Å². The molecule has 3 aromatic carbocycles. The van der Waals surface area contributed by atoms with E-state index in [2.05, 4.69) is 41.7 Å². The lowest BCUT2D eigenvalue weighted by Crippen LogP contribution is -2.52. The standard InChI is InChI=1S/C35H41N3O4/c39-31(37-42)25-35(22-10-11-26-18-20-28(21-19-26)27-12-4-1-5-13-27)23-24-38(34(35)41)32(29-14-6-2-7-15-29)33(40)36-30-16-8-3-9-17-30/h1,3-5,8-9,12-13,16-21,29,32,42H,2,6-7,10-11,14-15,22-25H2,(H,36,40)(H,37,39). The summed E-state index contributed by atoms with van der Waals surface area (Å²) in [7, 11) is 0. The van der Waals surface area contributed by atoms with E-state index in [-0.39, 0.29) is 24.2 Å². The number of nitrogens with one attached hydrogen (secondary N) is 2. The number of likely N-dealkylation sites (tertiary alicyclic amines) is 1. The summed E-state index contributed by atoms with van der Waals surface area (Å²) in [5.74, 6) is -0.802. The van der Waals surface area contributed by atoms with E-state index in [0.29, 0.717) is 31.5 Å². The second kappa shape index (κ2) is 13.8. The summed E-state index contributed by atoms with van der Waals surface area (Å²) in [6, 6.07) is 27.5. The number of benzene rings is 3. The van der Waals surface area contributed by atoms with E-state index in [1.54, 1.807) is 10.4 Å². The van der Waals surface area contributed by atoms with Crippen molar-refractivity contribution in [2.24, 2.45) is 11.3 Å². The quantitative estimate of drug-likeness (QED) is 0.185. The zero-order chi connectivity index (χ0) is 29.4. The Bertz CT molecular complexity index is 1340. The number of carbonyl (C=O) groups excluding carboxylic acids is 3. The predicted octanol–water partition coefficient (Wildman–Crippen LogP) is 6.38. The van der Waals surface area contributed by atoms with Crippen LogP contribution in [-0.2, 0) is 20.8 Å². The third-order valence-electron chi connectivity index (χ3n) is 9.09. The Morgan fingerprint density at radius 2 is 1.52 bits per heavy atom. The molecule has 0 radical (unpaired) electrons. The Kier molecular flexibility index (Phi) is 9.70. The highest BCUT2D eigenvalue weighted by molar-refractivity contribution is 5.99. The molecule has 3 N–H and O–H groups in total. The number of anilines is 1.